The quantitative estimate of drug-likeness (QED) is 0.753. The minimum atomic E-state index is -4.64. The molecule has 2 nitrogen and oxygen atoms in total. The van der Waals surface area contributed by atoms with Crippen LogP contribution in [0.3, 0.4) is 0 Å². The zero-order valence-corrected chi connectivity index (χ0v) is 7.55. The normalized spacial score (nSPS) is 14.4. The summed E-state index contributed by atoms with van der Waals surface area (Å²) in [5, 5.41) is 9.78. The SMILES string of the molecule is O[C@@H](c1cccc2cc[nH]c12)C(F)(F)F. The standard InChI is InChI=1S/C10H8F3NO/c11-10(12,13)9(15)7-3-1-2-6-4-5-14-8(6)7/h1-5,9,14-15H/t9-/m0/s1. The number of hydrogen-bond acceptors (Lipinski definition) is 1. The molecule has 80 valence electrons. The Morgan fingerprint density at radius 1 is 1.20 bits per heavy atom. The van der Waals surface area contributed by atoms with Crippen LogP contribution in [-0.2, 0) is 0 Å². The van der Waals surface area contributed by atoms with Crippen LogP contribution >= 0.6 is 0 Å². The van der Waals surface area contributed by atoms with Gasteiger partial charge in [0.05, 0.1) is 5.52 Å². The van der Waals surface area contributed by atoms with E-state index in [1.165, 1.54) is 18.3 Å². The highest BCUT2D eigenvalue weighted by Gasteiger charge is 2.40. The van der Waals surface area contributed by atoms with E-state index in [1.54, 1.807) is 12.1 Å². The molecule has 0 bridgehead atoms. The number of halogens is 3. The topological polar surface area (TPSA) is 36.0 Å². The third-order valence-electron chi connectivity index (χ3n) is 2.22. The molecular formula is C10H8F3NO. The lowest BCUT2D eigenvalue weighted by Crippen LogP contribution is -2.20. The number of hydrogen-bond donors (Lipinski definition) is 2. The third kappa shape index (κ3) is 1.70. The molecule has 0 spiro atoms. The van der Waals surface area contributed by atoms with Crippen LogP contribution in [0.4, 0.5) is 13.2 Å². The fourth-order valence-electron chi connectivity index (χ4n) is 1.51. The first kappa shape index (κ1) is 10.0. The average Bonchev–Trinajstić information content (AvgIpc) is 2.62. The van der Waals surface area contributed by atoms with Gasteiger partial charge < -0.3 is 10.1 Å². The van der Waals surface area contributed by atoms with Crippen LogP contribution in [0.25, 0.3) is 10.9 Å². The van der Waals surface area contributed by atoms with Crippen molar-refractivity contribution in [1.82, 2.24) is 4.98 Å². The van der Waals surface area contributed by atoms with Gasteiger partial charge in [-0.1, -0.05) is 18.2 Å². The molecule has 0 unspecified atom stereocenters. The second-order valence-electron chi connectivity index (χ2n) is 3.23. The first-order valence-corrected chi connectivity index (χ1v) is 4.31. The number of aromatic nitrogens is 1. The summed E-state index contributed by atoms with van der Waals surface area (Å²) in [5.41, 5.74) is 0.173. The average molecular weight is 215 g/mol. The van der Waals surface area contributed by atoms with Gasteiger partial charge in [0.2, 0.25) is 0 Å². The van der Waals surface area contributed by atoms with Crippen molar-refractivity contribution in [3.05, 3.63) is 36.0 Å². The largest absolute Gasteiger partial charge is 0.418 e. The molecule has 1 heterocycles. The van der Waals surface area contributed by atoms with E-state index in [1.807, 2.05) is 0 Å². The Balaban J connectivity index is 2.56. The number of alkyl halides is 3. The molecule has 15 heavy (non-hydrogen) atoms. The van der Waals surface area contributed by atoms with E-state index in [9.17, 15) is 13.2 Å². The Bertz CT molecular complexity index is 475. The monoisotopic (exact) mass is 215 g/mol. The van der Waals surface area contributed by atoms with Gasteiger partial charge in [-0.25, -0.2) is 0 Å². The fraction of sp³-hybridized carbons (Fsp3) is 0.200. The molecule has 2 rings (SSSR count). The van der Waals surface area contributed by atoms with Gasteiger partial charge in [0.25, 0.3) is 0 Å². The van der Waals surface area contributed by atoms with Gasteiger partial charge in [0.1, 0.15) is 0 Å². The first-order chi connectivity index (χ1) is 7.00. The predicted octanol–water partition coefficient (Wildman–Crippen LogP) is 2.76. The van der Waals surface area contributed by atoms with Gasteiger partial charge in [0.15, 0.2) is 6.10 Å². The van der Waals surface area contributed by atoms with Gasteiger partial charge in [-0.15, -0.1) is 0 Å². The van der Waals surface area contributed by atoms with Crippen LogP contribution < -0.4 is 0 Å². The van der Waals surface area contributed by atoms with Crippen molar-refractivity contribution in [2.75, 3.05) is 0 Å². The van der Waals surface area contributed by atoms with Crippen molar-refractivity contribution in [2.45, 2.75) is 12.3 Å². The second kappa shape index (κ2) is 3.27. The highest BCUT2D eigenvalue weighted by molar-refractivity contribution is 5.82. The summed E-state index contributed by atoms with van der Waals surface area (Å²) < 4.78 is 36.9. The molecular weight excluding hydrogens is 207 g/mol. The molecule has 1 atom stereocenters. The molecule has 5 heteroatoms. The Morgan fingerprint density at radius 2 is 1.93 bits per heavy atom. The zero-order chi connectivity index (χ0) is 11.1. The van der Waals surface area contributed by atoms with Gasteiger partial charge in [0, 0.05) is 11.8 Å². The summed E-state index contributed by atoms with van der Waals surface area (Å²) in [4.78, 5) is 2.68. The van der Waals surface area contributed by atoms with Crippen LogP contribution in [0.2, 0.25) is 0 Å². The van der Waals surface area contributed by atoms with Gasteiger partial charge in [-0.05, 0) is 11.5 Å². The van der Waals surface area contributed by atoms with Crippen molar-refractivity contribution in [2.24, 2.45) is 0 Å². The molecule has 0 aliphatic carbocycles. The molecule has 0 saturated carbocycles. The number of aliphatic hydroxyl groups excluding tert-OH is 1. The molecule has 0 saturated heterocycles. The molecule has 0 aliphatic rings. The van der Waals surface area contributed by atoms with Crippen LogP contribution in [0.5, 0.6) is 0 Å². The number of nitrogens with one attached hydrogen (secondary N) is 1. The third-order valence-corrected chi connectivity index (χ3v) is 2.22. The highest BCUT2D eigenvalue weighted by atomic mass is 19.4. The molecule has 0 amide bonds. The number of para-hydroxylation sites is 1. The highest BCUT2D eigenvalue weighted by Crippen LogP contribution is 2.35. The van der Waals surface area contributed by atoms with E-state index in [2.05, 4.69) is 4.98 Å². The Hall–Kier alpha value is -1.49. The summed E-state index contributed by atoms with van der Waals surface area (Å²) in [7, 11) is 0. The van der Waals surface area contributed by atoms with Crippen molar-refractivity contribution < 1.29 is 18.3 Å². The zero-order valence-electron chi connectivity index (χ0n) is 7.55. The van der Waals surface area contributed by atoms with E-state index in [0.29, 0.717) is 10.9 Å². The molecule has 2 aromatic rings. The molecule has 1 aromatic heterocycles. The van der Waals surface area contributed by atoms with Crippen molar-refractivity contribution >= 4 is 10.9 Å². The number of aromatic amines is 1. The molecule has 0 fully saturated rings. The number of aliphatic hydroxyl groups is 1. The maximum atomic E-state index is 12.3. The van der Waals surface area contributed by atoms with Crippen LogP contribution in [0, 0.1) is 0 Å². The molecule has 0 aliphatic heterocycles. The first-order valence-electron chi connectivity index (χ1n) is 4.31. The number of rotatable bonds is 1. The summed E-state index contributed by atoms with van der Waals surface area (Å²) in [6, 6.07) is 6.08. The van der Waals surface area contributed by atoms with E-state index < -0.39 is 12.3 Å². The van der Waals surface area contributed by atoms with E-state index in [0.717, 1.165) is 0 Å². The molecule has 1 aromatic carbocycles. The van der Waals surface area contributed by atoms with E-state index in [4.69, 9.17) is 5.11 Å². The van der Waals surface area contributed by atoms with Crippen LogP contribution in [-0.4, -0.2) is 16.3 Å². The Labute approximate surface area is 83.3 Å². The minimum Gasteiger partial charge on any atom is -0.379 e. The van der Waals surface area contributed by atoms with Crippen molar-refractivity contribution in [1.29, 1.82) is 0 Å². The van der Waals surface area contributed by atoms with Gasteiger partial charge in [-0.2, -0.15) is 13.2 Å². The van der Waals surface area contributed by atoms with Gasteiger partial charge in [-0.3, -0.25) is 0 Å². The summed E-state index contributed by atoms with van der Waals surface area (Å²) >= 11 is 0. The maximum Gasteiger partial charge on any atom is 0.418 e. The van der Waals surface area contributed by atoms with Crippen LogP contribution in [0.1, 0.15) is 11.7 Å². The van der Waals surface area contributed by atoms with Crippen molar-refractivity contribution in [3.63, 3.8) is 0 Å². The maximum absolute atomic E-state index is 12.3. The smallest absolute Gasteiger partial charge is 0.379 e. The van der Waals surface area contributed by atoms with Crippen molar-refractivity contribution in [3.8, 4) is 0 Å². The van der Waals surface area contributed by atoms with Gasteiger partial charge >= 0.3 is 6.18 Å². The van der Waals surface area contributed by atoms with E-state index in [-0.39, 0.29) is 5.56 Å². The lowest BCUT2D eigenvalue weighted by atomic mass is 10.1. The number of H-pyrrole nitrogens is 1. The predicted molar refractivity (Wildman–Crippen MR) is 49.3 cm³/mol. The minimum absolute atomic E-state index is 0.148. The lowest BCUT2D eigenvalue weighted by Gasteiger charge is -2.15. The second-order valence-corrected chi connectivity index (χ2v) is 3.23. The summed E-state index contributed by atoms with van der Waals surface area (Å²) in [6.45, 7) is 0. The summed E-state index contributed by atoms with van der Waals surface area (Å²) in [5.74, 6) is 0. The van der Waals surface area contributed by atoms with Crippen LogP contribution in [0.15, 0.2) is 30.5 Å². The molecule has 2 N–H and O–H groups in total. The van der Waals surface area contributed by atoms with E-state index >= 15 is 0 Å². The lowest BCUT2D eigenvalue weighted by molar-refractivity contribution is -0.206. The molecule has 0 radical (unpaired) electrons. The Kier molecular flexibility index (Phi) is 2.19. The fourth-order valence-corrected chi connectivity index (χ4v) is 1.51. The summed E-state index contributed by atoms with van der Waals surface area (Å²) in [6.07, 6.45) is -5.55. The number of fused-ring (bicyclic) bond motifs is 1. The number of benzene rings is 1. The Morgan fingerprint density at radius 3 is 2.60 bits per heavy atom.